The number of aromatic nitrogens is 2. The molecule has 28 heavy (non-hydrogen) atoms. The summed E-state index contributed by atoms with van der Waals surface area (Å²) < 4.78 is 30.8. The van der Waals surface area contributed by atoms with Gasteiger partial charge < -0.3 is 15.0 Å². The molecule has 144 valence electrons. The number of ether oxygens (including phenoxy) is 1. The highest BCUT2D eigenvalue weighted by atomic mass is 19.3. The highest BCUT2D eigenvalue weighted by molar-refractivity contribution is 6.03. The van der Waals surface area contributed by atoms with Gasteiger partial charge in [-0.2, -0.15) is 8.78 Å². The van der Waals surface area contributed by atoms with E-state index in [1.165, 1.54) is 22.8 Å². The van der Waals surface area contributed by atoms with Crippen molar-refractivity contribution in [3.8, 4) is 11.4 Å². The van der Waals surface area contributed by atoms with Gasteiger partial charge in [-0.15, -0.1) is 0 Å². The number of benzene rings is 2. The van der Waals surface area contributed by atoms with Gasteiger partial charge in [-0.3, -0.25) is 9.36 Å². The second kappa shape index (κ2) is 8.34. The smallest absolute Gasteiger partial charge is 0.387 e. The predicted molar refractivity (Wildman–Crippen MR) is 102 cm³/mol. The average Bonchev–Trinajstić information content (AvgIpc) is 2.99. The van der Waals surface area contributed by atoms with Crippen molar-refractivity contribution < 1.29 is 18.3 Å². The number of carbonyl (C=O) groups excluding carboxylic acids is 1. The normalized spacial score (nSPS) is 11.1. The van der Waals surface area contributed by atoms with Crippen molar-refractivity contribution in [2.75, 3.05) is 5.32 Å². The maximum atomic E-state index is 12.5. The fourth-order valence-corrected chi connectivity index (χ4v) is 2.69. The fraction of sp³-hybridized carbons (Fsp3) is 0.100. The molecule has 0 spiro atoms. The first-order valence-corrected chi connectivity index (χ1v) is 8.35. The van der Waals surface area contributed by atoms with Gasteiger partial charge in [-0.1, -0.05) is 30.3 Å². The van der Waals surface area contributed by atoms with Crippen molar-refractivity contribution in [3.05, 3.63) is 82.5 Å². The summed E-state index contributed by atoms with van der Waals surface area (Å²) >= 11 is 0. The molecule has 0 saturated heterocycles. The molecule has 1 aromatic heterocycles. The average molecular weight is 385 g/mol. The molecule has 3 rings (SSSR count). The molecule has 1 amide bonds. The Bertz CT molecular complexity index is 1070. The number of hydrogen-bond acceptors (Lipinski definition) is 3. The molecule has 0 unspecified atom stereocenters. The van der Waals surface area contributed by atoms with Crippen LogP contribution in [0.5, 0.6) is 5.75 Å². The number of nitrogens with one attached hydrogen (secondary N) is 2. The van der Waals surface area contributed by atoms with E-state index in [-0.39, 0.29) is 11.4 Å². The van der Waals surface area contributed by atoms with E-state index in [0.29, 0.717) is 22.6 Å². The zero-order valence-electron chi connectivity index (χ0n) is 14.9. The van der Waals surface area contributed by atoms with E-state index in [0.717, 1.165) is 0 Å². The van der Waals surface area contributed by atoms with Gasteiger partial charge in [-0.05, 0) is 31.2 Å². The first-order valence-electron chi connectivity index (χ1n) is 8.35. The minimum atomic E-state index is -2.96. The number of para-hydroxylation sites is 3. The maximum Gasteiger partial charge on any atom is 0.387 e. The number of nitrogens with zero attached hydrogens (tertiary/aromatic N) is 1. The molecule has 8 heteroatoms. The Morgan fingerprint density at radius 2 is 1.89 bits per heavy atom. The zero-order valence-corrected chi connectivity index (χ0v) is 14.9. The van der Waals surface area contributed by atoms with Gasteiger partial charge in [0, 0.05) is 23.5 Å². The molecule has 6 nitrogen and oxygen atoms in total. The monoisotopic (exact) mass is 385 g/mol. The minimum Gasteiger partial charge on any atom is -0.434 e. The summed E-state index contributed by atoms with van der Waals surface area (Å²) in [6, 6.07) is 13.0. The van der Waals surface area contributed by atoms with Crippen molar-refractivity contribution in [1.82, 2.24) is 9.55 Å². The van der Waals surface area contributed by atoms with Crippen LogP contribution in [0.25, 0.3) is 11.8 Å². The third-order valence-corrected chi connectivity index (χ3v) is 3.91. The molecule has 0 radical (unpaired) electrons. The molecule has 2 N–H and O–H groups in total. The summed E-state index contributed by atoms with van der Waals surface area (Å²) in [5.74, 6) is -0.517. The molecule has 1 heterocycles. The quantitative estimate of drug-likeness (QED) is 0.635. The summed E-state index contributed by atoms with van der Waals surface area (Å²) in [4.78, 5) is 26.9. The van der Waals surface area contributed by atoms with E-state index in [9.17, 15) is 18.4 Å². The number of aryl methyl sites for hydroxylation is 1. The lowest BCUT2D eigenvalue weighted by Gasteiger charge is -2.11. The predicted octanol–water partition coefficient (Wildman–Crippen LogP) is 3.73. The first-order chi connectivity index (χ1) is 13.5. The van der Waals surface area contributed by atoms with Crippen LogP contribution in [0.3, 0.4) is 0 Å². The van der Waals surface area contributed by atoms with Crippen molar-refractivity contribution in [2.45, 2.75) is 13.5 Å². The number of rotatable bonds is 6. The van der Waals surface area contributed by atoms with Crippen LogP contribution in [-0.2, 0) is 4.79 Å². The highest BCUT2D eigenvalue weighted by Crippen LogP contribution is 2.22. The Labute approximate surface area is 159 Å². The first kappa shape index (κ1) is 19.1. The van der Waals surface area contributed by atoms with Gasteiger partial charge in [0.25, 0.3) is 0 Å². The van der Waals surface area contributed by atoms with E-state index in [1.54, 1.807) is 55.6 Å². The second-order valence-electron chi connectivity index (χ2n) is 5.83. The van der Waals surface area contributed by atoms with E-state index >= 15 is 0 Å². The minimum absolute atomic E-state index is 0.0311. The van der Waals surface area contributed by atoms with Crippen LogP contribution in [0.15, 0.2) is 65.6 Å². The molecule has 3 aromatic rings. The van der Waals surface area contributed by atoms with Crippen LogP contribution in [0.4, 0.5) is 14.5 Å². The summed E-state index contributed by atoms with van der Waals surface area (Å²) in [5.41, 5.74) is 1.63. The van der Waals surface area contributed by atoms with E-state index < -0.39 is 12.5 Å². The Kier molecular flexibility index (Phi) is 5.69. The number of anilines is 1. The molecule has 0 aliphatic rings. The van der Waals surface area contributed by atoms with E-state index in [4.69, 9.17) is 0 Å². The Morgan fingerprint density at radius 3 is 2.61 bits per heavy atom. The van der Waals surface area contributed by atoms with Gasteiger partial charge in [0.05, 0.1) is 11.4 Å². The second-order valence-corrected chi connectivity index (χ2v) is 5.83. The molecule has 0 aliphatic carbocycles. The fourth-order valence-electron chi connectivity index (χ4n) is 2.69. The number of carbonyl (C=O) groups is 1. The third-order valence-electron chi connectivity index (χ3n) is 3.91. The number of H-pyrrole nitrogens is 1. The van der Waals surface area contributed by atoms with Gasteiger partial charge >= 0.3 is 12.3 Å². The molecule has 0 bridgehead atoms. The molecule has 0 atom stereocenters. The van der Waals surface area contributed by atoms with Gasteiger partial charge in [0.15, 0.2) is 0 Å². The van der Waals surface area contributed by atoms with Crippen LogP contribution >= 0.6 is 0 Å². The Morgan fingerprint density at radius 1 is 1.18 bits per heavy atom. The summed E-state index contributed by atoms with van der Waals surface area (Å²) in [5, 5.41) is 2.70. The molecular formula is C20H17F2N3O3. The summed E-state index contributed by atoms with van der Waals surface area (Å²) in [7, 11) is 0. The topological polar surface area (TPSA) is 76.1 Å². The SMILES string of the molecule is Cc1c[nH]c(=O)n1-c1ccccc1NC(=O)/C=C/c1ccccc1OC(F)F. The third kappa shape index (κ3) is 4.35. The molecule has 0 aliphatic heterocycles. The van der Waals surface area contributed by atoms with Crippen LogP contribution in [0, 0.1) is 6.92 Å². The van der Waals surface area contributed by atoms with Gasteiger partial charge in [-0.25, -0.2) is 4.79 Å². The Balaban J connectivity index is 1.82. The number of aromatic amines is 1. The molecule has 0 saturated carbocycles. The van der Waals surface area contributed by atoms with E-state index in [2.05, 4.69) is 15.0 Å². The number of imidazole rings is 1. The Hall–Kier alpha value is -3.68. The lowest BCUT2D eigenvalue weighted by Crippen LogP contribution is -2.18. The van der Waals surface area contributed by atoms with Crippen molar-refractivity contribution in [2.24, 2.45) is 0 Å². The zero-order chi connectivity index (χ0) is 20.1. The van der Waals surface area contributed by atoms with Crippen molar-refractivity contribution >= 4 is 17.7 Å². The number of alkyl halides is 2. The lowest BCUT2D eigenvalue weighted by atomic mass is 10.2. The van der Waals surface area contributed by atoms with Gasteiger partial charge in [0.2, 0.25) is 5.91 Å². The van der Waals surface area contributed by atoms with Crippen LogP contribution in [0.2, 0.25) is 0 Å². The number of amides is 1. The van der Waals surface area contributed by atoms with Crippen LogP contribution in [0.1, 0.15) is 11.3 Å². The van der Waals surface area contributed by atoms with Crippen LogP contribution < -0.4 is 15.7 Å². The standard InChI is InChI=1S/C20H17F2N3O3/c1-13-12-23-20(27)25(13)16-8-4-3-7-15(16)24-18(26)11-10-14-6-2-5-9-17(14)28-19(21)22/h2-12,19H,1H3,(H,23,27)(H,24,26)/b11-10+. The largest absolute Gasteiger partial charge is 0.434 e. The summed E-state index contributed by atoms with van der Waals surface area (Å²) in [6.45, 7) is -1.20. The van der Waals surface area contributed by atoms with Crippen molar-refractivity contribution in [1.29, 1.82) is 0 Å². The van der Waals surface area contributed by atoms with E-state index in [1.807, 2.05) is 0 Å². The maximum absolute atomic E-state index is 12.5. The number of halogens is 2. The molecule has 2 aromatic carbocycles. The number of hydrogen-bond donors (Lipinski definition) is 2. The van der Waals surface area contributed by atoms with Crippen molar-refractivity contribution in [3.63, 3.8) is 0 Å². The molecular weight excluding hydrogens is 368 g/mol. The highest BCUT2D eigenvalue weighted by Gasteiger charge is 2.11. The van der Waals surface area contributed by atoms with Crippen LogP contribution in [-0.4, -0.2) is 22.1 Å². The van der Waals surface area contributed by atoms with Gasteiger partial charge in [0.1, 0.15) is 5.75 Å². The molecule has 0 fully saturated rings. The lowest BCUT2D eigenvalue weighted by molar-refractivity contribution is -0.111. The summed E-state index contributed by atoms with van der Waals surface area (Å²) in [6.07, 6.45) is 4.15.